The molecule has 0 amide bonds. The lowest BCUT2D eigenvalue weighted by Gasteiger charge is -2.40. The highest BCUT2D eigenvalue weighted by atomic mass is 35.5. The van der Waals surface area contributed by atoms with Gasteiger partial charge in [-0.15, -0.1) is 24.8 Å². The van der Waals surface area contributed by atoms with Crippen LogP contribution in [0.15, 0.2) is 60.7 Å². The first kappa shape index (κ1) is 25.6. The Balaban J connectivity index is 0.00000140. The molecule has 0 aromatic heterocycles. The van der Waals surface area contributed by atoms with Gasteiger partial charge in [0.1, 0.15) is 5.82 Å². The van der Waals surface area contributed by atoms with Crippen LogP contribution >= 0.6 is 24.8 Å². The Morgan fingerprint density at radius 1 is 0.862 bits per heavy atom. The molecule has 3 nitrogen and oxygen atoms in total. The van der Waals surface area contributed by atoms with E-state index < -0.39 is 0 Å². The van der Waals surface area contributed by atoms with Crippen molar-refractivity contribution in [3.63, 3.8) is 0 Å². The smallest absolute Gasteiger partial charge is 0.123 e. The molecular weight excluding hydrogens is 410 g/mol. The second kappa shape index (κ2) is 12.3. The number of rotatable bonds is 4. The van der Waals surface area contributed by atoms with Crippen molar-refractivity contribution in [2.24, 2.45) is 0 Å². The maximum atomic E-state index is 13.1. The zero-order chi connectivity index (χ0) is 17.8. The molecule has 1 atom stereocenters. The van der Waals surface area contributed by atoms with Gasteiger partial charge in [0.05, 0.1) is 0 Å². The van der Waals surface area contributed by atoms with Crippen LogP contribution in [0.2, 0.25) is 0 Å². The van der Waals surface area contributed by atoms with Crippen LogP contribution in [-0.4, -0.2) is 47.5 Å². The molecule has 2 N–H and O–H groups in total. The summed E-state index contributed by atoms with van der Waals surface area (Å²) in [6.45, 7) is 5.70. The molecule has 2 aliphatic rings. The molecule has 1 fully saturated rings. The van der Waals surface area contributed by atoms with Crippen LogP contribution in [0.1, 0.15) is 30.4 Å². The molecule has 0 spiro atoms. The fourth-order valence-electron chi connectivity index (χ4n) is 4.21. The maximum Gasteiger partial charge on any atom is 0.123 e. The van der Waals surface area contributed by atoms with Gasteiger partial charge in [0.25, 0.3) is 0 Å². The Morgan fingerprint density at radius 2 is 1.52 bits per heavy atom. The van der Waals surface area contributed by atoms with Gasteiger partial charge < -0.3 is 5.48 Å². The number of halogens is 3. The van der Waals surface area contributed by atoms with Gasteiger partial charge in [-0.25, -0.2) is 4.39 Å². The lowest BCUT2D eigenvalue weighted by atomic mass is 9.89. The van der Waals surface area contributed by atoms with E-state index in [1.54, 1.807) is 12.1 Å². The van der Waals surface area contributed by atoms with Crippen LogP contribution in [0.4, 0.5) is 4.39 Å². The minimum Gasteiger partial charge on any atom is -0.412 e. The van der Waals surface area contributed by atoms with E-state index in [4.69, 9.17) is 0 Å². The molecule has 6 heteroatoms. The van der Waals surface area contributed by atoms with Gasteiger partial charge in [-0.05, 0) is 48.1 Å². The van der Waals surface area contributed by atoms with E-state index in [0.29, 0.717) is 6.04 Å². The summed E-state index contributed by atoms with van der Waals surface area (Å²) in [7, 11) is 0. The van der Waals surface area contributed by atoms with Crippen molar-refractivity contribution in [1.82, 2.24) is 9.80 Å². The van der Waals surface area contributed by atoms with Crippen LogP contribution in [0.3, 0.4) is 0 Å². The van der Waals surface area contributed by atoms with Crippen LogP contribution in [0, 0.1) is 5.82 Å². The zero-order valence-electron chi connectivity index (χ0n) is 16.6. The monoisotopic (exact) mass is 440 g/mol. The molecule has 1 saturated heterocycles. The summed E-state index contributed by atoms with van der Waals surface area (Å²) in [5.74, 6) is -0.156. The van der Waals surface area contributed by atoms with E-state index >= 15 is 0 Å². The normalized spacial score (nSPS) is 19.9. The summed E-state index contributed by atoms with van der Waals surface area (Å²) in [5.41, 5.74) is 3.96. The first-order valence-electron chi connectivity index (χ1n) is 9.73. The van der Waals surface area contributed by atoms with Crippen LogP contribution in [0.5, 0.6) is 0 Å². The van der Waals surface area contributed by atoms with E-state index in [1.807, 2.05) is 12.1 Å². The highest BCUT2D eigenvalue weighted by Crippen LogP contribution is 2.30. The quantitative estimate of drug-likeness (QED) is 0.696. The lowest BCUT2D eigenvalue weighted by molar-refractivity contribution is 0.0881. The van der Waals surface area contributed by atoms with E-state index in [2.05, 4.69) is 46.2 Å². The number of nitrogens with zero attached hydrogens (tertiary/aromatic N) is 2. The van der Waals surface area contributed by atoms with E-state index in [0.717, 1.165) is 45.6 Å². The standard InChI is InChI=1S/C23H27FN2.2ClH.H2O/c24-22-10-6-20(7-11-22)21-8-12-23(13-9-21)26-16-14-25(15-17-26)18-19-4-2-1-3-5-19;;;/h1-8,10-11,23H,9,12-18H2;2*1H;1H2. The van der Waals surface area contributed by atoms with Gasteiger partial charge in [0, 0.05) is 38.8 Å². The number of hydrogen-bond donors (Lipinski definition) is 0. The van der Waals surface area contributed by atoms with Crippen LogP contribution in [-0.2, 0) is 6.54 Å². The molecule has 1 aliphatic heterocycles. The highest BCUT2D eigenvalue weighted by Gasteiger charge is 2.25. The number of piperazine rings is 1. The van der Waals surface area contributed by atoms with E-state index in [-0.39, 0.29) is 36.1 Å². The van der Waals surface area contributed by atoms with Crippen LogP contribution < -0.4 is 0 Å². The fourth-order valence-corrected chi connectivity index (χ4v) is 4.21. The van der Waals surface area contributed by atoms with Crippen molar-refractivity contribution in [2.75, 3.05) is 26.2 Å². The second-order valence-electron chi connectivity index (χ2n) is 7.46. The average Bonchev–Trinajstić information content (AvgIpc) is 2.70. The number of benzene rings is 2. The van der Waals surface area contributed by atoms with E-state index in [9.17, 15) is 4.39 Å². The Bertz CT molecular complexity index is 747. The summed E-state index contributed by atoms with van der Waals surface area (Å²) in [6, 6.07) is 18.4. The summed E-state index contributed by atoms with van der Waals surface area (Å²) in [4.78, 5) is 5.23. The van der Waals surface area contributed by atoms with Gasteiger partial charge in [-0.3, -0.25) is 9.80 Å². The molecule has 29 heavy (non-hydrogen) atoms. The topological polar surface area (TPSA) is 38.0 Å². The molecule has 2 aromatic carbocycles. The first-order valence-corrected chi connectivity index (χ1v) is 9.73. The van der Waals surface area contributed by atoms with Gasteiger partial charge in [0.2, 0.25) is 0 Å². The molecule has 1 aliphatic carbocycles. The Hall–Kier alpha value is -1.43. The van der Waals surface area contributed by atoms with Crippen molar-refractivity contribution in [1.29, 1.82) is 0 Å². The maximum absolute atomic E-state index is 13.1. The molecule has 0 saturated carbocycles. The van der Waals surface area contributed by atoms with Crippen molar-refractivity contribution in [3.8, 4) is 0 Å². The third kappa shape index (κ3) is 6.80. The van der Waals surface area contributed by atoms with Crippen molar-refractivity contribution in [3.05, 3.63) is 77.6 Å². The predicted octanol–water partition coefficient (Wildman–Crippen LogP) is 4.60. The van der Waals surface area contributed by atoms with Crippen molar-refractivity contribution >= 4 is 30.4 Å². The average molecular weight is 441 g/mol. The van der Waals surface area contributed by atoms with Gasteiger partial charge in [-0.1, -0.05) is 48.5 Å². The molecule has 2 aromatic rings. The molecule has 0 bridgehead atoms. The van der Waals surface area contributed by atoms with Crippen molar-refractivity contribution < 1.29 is 9.87 Å². The lowest BCUT2D eigenvalue weighted by Crippen LogP contribution is -2.50. The number of hydrogen-bond acceptors (Lipinski definition) is 2. The number of allylic oxidation sites excluding steroid dienone is 1. The summed E-state index contributed by atoms with van der Waals surface area (Å²) >= 11 is 0. The summed E-state index contributed by atoms with van der Waals surface area (Å²) in [5, 5.41) is 0. The van der Waals surface area contributed by atoms with Crippen LogP contribution in [0.25, 0.3) is 5.57 Å². The minimum atomic E-state index is -0.156. The molecule has 160 valence electrons. The predicted molar refractivity (Wildman–Crippen MR) is 123 cm³/mol. The summed E-state index contributed by atoms with van der Waals surface area (Å²) < 4.78 is 13.1. The Kier molecular flexibility index (Phi) is 10.9. The van der Waals surface area contributed by atoms with Gasteiger partial charge >= 0.3 is 0 Å². The van der Waals surface area contributed by atoms with E-state index in [1.165, 1.54) is 23.1 Å². The second-order valence-corrected chi connectivity index (χ2v) is 7.46. The third-order valence-electron chi connectivity index (χ3n) is 5.77. The first-order chi connectivity index (χ1) is 12.8. The minimum absolute atomic E-state index is 0. The molecule has 4 rings (SSSR count). The largest absolute Gasteiger partial charge is 0.412 e. The van der Waals surface area contributed by atoms with Gasteiger partial charge in [0.15, 0.2) is 0 Å². The third-order valence-corrected chi connectivity index (χ3v) is 5.77. The SMILES string of the molecule is Cl.Cl.Fc1ccc(C2=CCC(N3CCN(Cc4ccccc4)CC3)CC2)cc1.O. The van der Waals surface area contributed by atoms with Crippen molar-refractivity contribution in [2.45, 2.75) is 31.8 Å². The zero-order valence-corrected chi connectivity index (χ0v) is 18.2. The summed E-state index contributed by atoms with van der Waals surface area (Å²) in [6.07, 6.45) is 5.80. The van der Waals surface area contributed by atoms with Gasteiger partial charge in [-0.2, -0.15) is 0 Å². The molecule has 1 unspecified atom stereocenters. The Labute approximate surface area is 185 Å². The highest BCUT2D eigenvalue weighted by molar-refractivity contribution is 5.85. The Morgan fingerprint density at radius 3 is 2.10 bits per heavy atom. The molecule has 1 heterocycles. The molecule has 0 radical (unpaired) electrons. The molecular formula is C23H31Cl2FN2O. The fraction of sp³-hybridized carbons (Fsp3) is 0.391.